The van der Waals surface area contributed by atoms with Crippen molar-refractivity contribution < 1.29 is 30.7 Å². The highest BCUT2D eigenvalue weighted by molar-refractivity contribution is 14.1. The van der Waals surface area contributed by atoms with Crippen LogP contribution < -0.4 is 0 Å². The van der Waals surface area contributed by atoms with E-state index in [0.29, 0.717) is 12.8 Å². The topological polar surface area (TPSA) is 0 Å². The molecule has 0 aliphatic rings. The molecule has 0 aliphatic carbocycles. The minimum absolute atomic E-state index is 0.0212. The van der Waals surface area contributed by atoms with Crippen LogP contribution in [0.2, 0.25) is 0 Å². The van der Waals surface area contributed by atoms with Crippen molar-refractivity contribution in [2.75, 3.05) is 0 Å². The molecule has 23 heavy (non-hydrogen) atoms. The lowest BCUT2D eigenvalue weighted by Gasteiger charge is -2.27. The molecule has 8 heteroatoms. The molecule has 0 spiro atoms. The molecule has 138 valence electrons. The molecule has 0 unspecified atom stereocenters. The molecular weight excluding hydrogens is 440 g/mol. The molecular formula is C15H22F7I. The van der Waals surface area contributed by atoms with Crippen LogP contribution in [-0.4, -0.2) is 18.0 Å². The maximum Gasteiger partial charge on any atom is 0.435 e. The molecule has 0 heterocycles. The van der Waals surface area contributed by atoms with E-state index in [-0.39, 0.29) is 16.1 Å². The van der Waals surface area contributed by atoms with Gasteiger partial charge in [-0.25, -0.2) is 4.39 Å². The van der Waals surface area contributed by atoms with E-state index in [4.69, 9.17) is 0 Å². The van der Waals surface area contributed by atoms with E-state index in [0.717, 1.165) is 38.5 Å². The fourth-order valence-electron chi connectivity index (χ4n) is 2.04. The molecule has 0 aromatic carbocycles. The SMILES string of the molecule is CCCCCCCCCC/C(I)=C\C(F)(C(F)(F)F)C(F)(F)F. The van der Waals surface area contributed by atoms with Crippen molar-refractivity contribution in [3.05, 3.63) is 9.66 Å². The van der Waals surface area contributed by atoms with Crippen LogP contribution in [0.3, 0.4) is 0 Å². The van der Waals surface area contributed by atoms with Crippen LogP contribution in [0.4, 0.5) is 30.7 Å². The van der Waals surface area contributed by atoms with Gasteiger partial charge in [0.2, 0.25) is 0 Å². The Bertz CT molecular complexity index is 344. The Morgan fingerprint density at radius 1 is 0.739 bits per heavy atom. The zero-order chi connectivity index (χ0) is 18.1. The summed E-state index contributed by atoms with van der Waals surface area (Å²) in [5.74, 6) is 0. The van der Waals surface area contributed by atoms with E-state index in [1.165, 1.54) is 22.6 Å². The number of hydrogen-bond donors (Lipinski definition) is 0. The molecule has 0 aromatic rings. The minimum Gasteiger partial charge on any atom is -0.219 e. The van der Waals surface area contributed by atoms with E-state index in [9.17, 15) is 30.7 Å². The van der Waals surface area contributed by atoms with Gasteiger partial charge < -0.3 is 0 Å². The van der Waals surface area contributed by atoms with E-state index in [1.807, 2.05) is 0 Å². The number of hydrogen-bond acceptors (Lipinski definition) is 0. The lowest BCUT2D eigenvalue weighted by atomic mass is 10.0. The molecule has 0 rings (SSSR count). The minimum atomic E-state index is -6.01. The van der Waals surface area contributed by atoms with Gasteiger partial charge in [-0.3, -0.25) is 0 Å². The molecule has 0 aliphatic heterocycles. The summed E-state index contributed by atoms with van der Waals surface area (Å²) in [4.78, 5) is 0. The number of rotatable bonds is 10. The molecule has 0 saturated carbocycles. The van der Waals surface area contributed by atoms with Gasteiger partial charge in [0.05, 0.1) is 0 Å². The third-order valence-corrected chi connectivity index (χ3v) is 4.30. The average molecular weight is 462 g/mol. The summed E-state index contributed by atoms with van der Waals surface area (Å²) in [5, 5.41) is 0. The summed E-state index contributed by atoms with van der Waals surface area (Å²) in [7, 11) is 0. The summed E-state index contributed by atoms with van der Waals surface area (Å²) >= 11 is 1.35. The van der Waals surface area contributed by atoms with Gasteiger partial charge in [0.25, 0.3) is 0 Å². The van der Waals surface area contributed by atoms with Gasteiger partial charge in [-0.05, 0) is 45.1 Å². The zero-order valence-electron chi connectivity index (χ0n) is 13.0. The van der Waals surface area contributed by atoms with Crippen LogP contribution in [0.1, 0.15) is 64.7 Å². The zero-order valence-corrected chi connectivity index (χ0v) is 15.1. The van der Waals surface area contributed by atoms with E-state index >= 15 is 0 Å². The second kappa shape index (κ2) is 10.1. The first-order chi connectivity index (χ1) is 10.5. The quantitative estimate of drug-likeness (QED) is 0.178. The number of halogens is 8. The Balaban J connectivity index is 4.37. The van der Waals surface area contributed by atoms with Crippen molar-refractivity contribution >= 4 is 22.6 Å². The predicted octanol–water partition coefficient (Wildman–Crippen LogP) is 7.67. The highest BCUT2D eigenvalue weighted by Gasteiger charge is 2.71. The Labute approximate surface area is 146 Å². The maximum absolute atomic E-state index is 13.5. The molecule has 0 N–H and O–H groups in total. The van der Waals surface area contributed by atoms with Crippen molar-refractivity contribution in [1.29, 1.82) is 0 Å². The molecule has 0 saturated heterocycles. The smallest absolute Gasteiger partial charge is 0.219 e. The van der Waals surface area contributed by atoms with Gasteiger partial charge in [0, 0.05) is 0 Å². The van der Waals surface area contributed by atoms with Gasteiger partial charge in [-0.2, -0.15) is 26.3 Å². The second-order valence-electron chi connectivity index (χ2n) is 5.52. The Morgan fingerprint density at radius 3 is 1.52 bits per heavy atom. The highest BCUT2D eigenvalue weighted by atomic mass is 127. The van der Waals surface area contributed by atoms with Crippen LogP contribution in [0, 0.1) is 0 Å². The van der Waals surface area contributed by atoms with Crippen molar-refractivity contribution in [2.24, 2.45) is 0 Å². The third-order valence-electron chi connectivity index (χ3n) is 3.45. The van der Waals surface area contributed by atoms with Gasteiger partial charge >= 0.3 is 18.0 Å². The standard InChI is InChI=1S/C15H22F7I/c1-2-3-4-5-6-7-8-9-10-12(23)11-13(16,14(17,18)19)15(20,21)22/h11H,2-10H2,1H3/b12-11+. The second-order valence-corrected chi connectivity index (χ2v) is 6.91. The lowest BCUT2D eigenvalue weighted by Crippen LogP contribution is -2.51. The van der Waals surface area contributed by atoms with Gasteiger partial charge in [-0.15, -0.1) is 0 Å². The van der Waals surface area contributed by atoms with Gasteiger partial charge in [0.15, 0.2) is 0 Å². The highest BCUT2D eigenvalue weighted by Crippen LogP contribution is 2.48. The Hall–Kier alpha value is -0.0200. The predicted molar refractivity (Wildman–Crippen MR) is 85.3 cm³/mol. The Kier molecular flexibility index (Phi) is 10.1. The normalized spacial score (nSPS) is 14.4. The van der Waals surface area contributed by atoms with Crippen molar-refractivity contribution in [3.63, 3.8) is 0 Å². The molecule has 0 radical (unpaired) electrons. The maximum atomic E-state index is 13.5. The first-order valence-electron chi connectivity index (χ1n) is 7.65. The van der Waals surface area contributed by atoms with E-state index in [1.54, 1.807) is 0 Å². The van der Waals surface area contributed by atoms with Crippen LogP contribution in [0.15, 0.2) is 9.66 Å². The third kappa shape index (κ3) is 8.07. The van der Waals surface area contributed by atoms with Crippen LogP contribution in [0.25, 0.3) is 0 Å². The molecule has 0 nitrogen and oxygen atoms in total. The van der Waals surface area contributed by atoms with E-state index in [2.05, 4.69) is 6.92 Å². The van der Waals surface area contributed by atoms with Crippen LogP contribution >= 0.6 is 22.6 Å². The first-order valence-corrected chi connectivity index (χ1v) is 8.73. The molecule has 0 atom stereocenters. The molecule has 0 fully saturated rings. The summed E-state index contributed by atoms with van der Waals surface area (Å²) < 4.78 is 87.7. The number of allylic oxidation sites excluding steroid dienone is 2. The van der Waals surface area contributed by atoms with Gasteiger partial charge in [-0.1, -0.05) is 51.9 Å². The summed E-state index contributed by atoms with van der Waals surface area (Å²) in [6.07, 6.45) is -4.79. The largest absolute Gasteiger partial charge is 0.435 e. The van der Waals surface area contributed by atoms with Crippen LogP contribution in [0.5, 0.6) is 0 Å². The van der Waals surface area contributed by atoms with E-state index < -0.39 is 18.0 Å². The molecule has 0 amide bonds. The van der Waals surface area contributed by atoms with Crippen LogP contribution in [-0.2, 0) is 0 Å². The summed E-state index contributed by atoms with van der Waals surface area (Å²) in [6.45, 7) is 2.10. The van der Waals surface area contributed by atoms with Crippen molar-refractivity contribution in [2.45, 2.75) is 82.7 Å². The average Bonchev–Trinajstić information content (AvgIpc) is 2.39. The molecule has 0 bridgehead atoms. The Morgan fingerprint density at radius 2 is 1.13 bits per heavy atom. The monoisotopic (exact) mass is 462 g/mol. The summed E-state index contributed by atoms with van der Waals surface area (Å²) in [6, 6.07) is 0. The van der Waals surface area contributed by atoms with Gasteiger partial charge in [0.1, 0.15) is 0 Å². The number of unbranched alkanes of at least 4 members (excludes halogenated alkanes) is 7. The first kappa shape index (κ1) is 23.0. The summed E-state index contributed by atoms with van der Waals surface area (Å²) in [5.41, 5.74) is -5.28. The fraction of sp³-hybridized carbons (Fsp3) is 0.867. The fourth-order valence-corrected chi connectivity index (χ4v) is 2.85. The lowest BCUT2D eigenvalue weighted by molar-refractivity contribution is -0.322. The van der Waals surface area contributed by atoms with Crippen molar-refractivity contribution in [3.8, 4) is 0 Å². The molecule has 0 aromatic heterocycles. The number of alkyl halides is 7. The van der Waals surface area contributed by atoms with Crippen molar-refractivity contribution in [1.82, 2.24) is 0 Å².